The first kappa shape index (κ1) is 25.9. The second kappa shape index (κ2) is 10.5. The molecule has 33 heavy (non-hydrogen) atoms. The van der Waals surface area contributed by atoms with Crippen molar-refractivity contribution in [3.8, 4) is 5.75 Å². The molecule has 2 rings (SSSR count). The average Bonchev–Trinajstić information content (AvgIpc) is 2.77. The summed E-state index contributed by atoms with van der Waals surface area (Å²) in [4.78, 5) is 37.1. The van der Waals surface area contributed by atoms with Gasteiger partial charge in [0.05, 0.1) is 55.1 Å². The van der Waals surface area contributed by atoms with Crippen LogP contribution in [0.25, 0.3) is 0 Å². The Morgan fingerprint density at radius 1 is 1.00 bits per heavy atom. The number of nitrogens with one attached hydrogen (secondary N) is 1. The van der Waals surface area contributed by atoms with E-state index in [1.807, 2.05) is 0 Å². The fourth-order valence-electron chi connectivity index (χ4n) is 3.02. The SMILES string of the molecule is COC(=O)c1ccc(C(=O)OC)c(NC(=O)C(C)N(c2ccc(OC)c(Cl)c2)S(C)(=O)=O)c1. The second-order valence-corrected chi connectivity index (χ2v) is 9.05. The topological polar surface area (TPSA) is 128 Å². The summed E-state index contributed by atoms with van der Waals surface area (Å²) < 4.78 is 40.4. The summed E-state index contributed by atoms with van der Waals surface area (Å²) in [5.41, 5.74) is 0.101. The van der Waals surface area contributed by atoms with Crippen molar-refractivity contribution in [2.45, 2.75) is 13.0 Å². The number of carbonyl (C=O) groups is 3. The number of rotatable bonds is 8. The fraction of sp³-hybridized carbons (Fsp3) is 0.286. The molecule has 0 aliphatic carbocycles. The van der Waals surface area contributed by atoms with Crippen LogP contribution in [0.3, 0.4) is 0 Å². The summed E-state index contributed by atoms with van der Waals surface area (Å²) in [6, 6.07) is 6.84. The molecule has 0 bridgehead atoms. The van der Waals surface area contributed by atoms with Crippen molar-refractivity contribution < 1.29 is 37.0 Å². The Morgan fingerprint density at radius 3 is 2.15 bits per heavy atom. The molecule has 1 atom stereocenters. The molecule has 10 nitrogen and oxygen atoms in total. The lowest BCUT2D eigenvalue weighted by atomic mass is 10.1. The van der Waals surface area contributed by atoms with Crippen LogP contribution in [0.2, 0.25) is 5.02 Å². The molecule has 1 unspecified atom stereocenters. The number of ether oxygens (including phenoxy) is 3. The van der Waals surface area contributed by atoms with E-state index in [1.54, 1.807) is 0 Å². The van der Waals surface area contributed by atoms with E-state index in [9.17, 15) is 22.8 Å². The Morgan fingerprint density at radius 2 is 1.64 bits per heavy atom. The molecule has 0 saturated heterocycles. The van der Waals surface area contributed by atoms with Crippen LogP contribution in [-0.4, -0.2) is 59.9 Å². The highest BCUT2D eigenvalue weighted by Gasteiger charge is 2.30. The Hall–Kier alpha value is -3.31. The molecule has 0 fully saturated rings. The molecule has 2 aromatic carbocycles. The highest BCUT2D eigenvalue weighted by molar-refractivity contribution is 7.92. The molecular formula is C21H23ClN2O8S. The number of hydrogen-bond acceptors (Lipinski definition) is 8. The zero-order valence-electron chi connectivity index (χ0n) is 18.5. The number of halogens is 1. The molecule has 178 valence electrons. The predicted octanol–water partition coefficient (Wildman–Crippen LogP) is 2.72. The molecule has 0 aliphatic rings. The van der Waals surface area contributed by atoms with Crippen molar-refractivity contribution in [2.75, 3.05) is 37.2 Å². The standard InChI is InChI=1S/C21H23ClN2O8S/c1-12(24(33(5,28)29)14-7-9-18(30-2)16(22)11-14)19(25)23-17-10-13(20(26)31-3)6-8-15(17)21(27)32-4/h6-12H,1-5H3,(H,23,25). The van der Waals surface area contributed by atoms with Gasteiger partial charge in [0.2, 0.25) is 15.9 Å². The molecule has 0 spiro atoms. The monoisotopic (exact) mass is 498 g/mol. The largest absolute Gasteiger partial charge is 0.495 e. The van der Waals surface area contributed by atoms with Crippen molar-refractivity contribution in [3.05, 3.63) is 52.5 Å². The van der Waals surface area contributed by atoms with E-state index in [0.29, 0.717) is 5.75 Å². The minimum absolute atomic E-state index is 0.0379. The molecular weight excluding hydrogens is 476 g/mol. The van der Waals surface area contributed by atoms with Gasteiger partial charge in [0.1, 0.15) is 11.8 Å². The molecule has 0 aromatic heterocycles. The van der Waals surface area contributed by atoms with Crippen molar-refractivity contribution >= 4 is 50.8 Å². The van der Waals surface area contributed by atoms with Crippen molar-refractivity contribution in [1.82, 2.24) is 0 Å². The first-order chi connectivity index (χ1) is 15.4. The van der Waals surface area contributed by atoms with Gasteiger partial charge in [-0.05, 0) is 43.3 Å². The van der Waals surface area contributed by atoms with Crippen LogP contribution in [-0.2, 0) is 24.3 Å². The Labute approximate surface area is 196 Å². The lowest BCUT2D eigenvalue weighted by molar-refractivity contribution is -0.116. The summed E-state index contributed by atoms with van der Waals surface area (Å²) in [5, 5.41) is 2.64. The van der Waals surface area contributed by atoms with E-state index < -0.39 is 33.9 Å². The van der Waals surface area contributed by atoms with Crippen molar-refractivity contribution in [3.63, 3.8) is 0 Å². The Kier molecular flexibility index (Phi) is 8.29. The van der Waals surface area contributed by atoms with Gasteiger partial charge in [-0.2, -0.15) is 0 Å². The van der Waals surface area contributed by atoms with Gasteiger partial charge in [-0.3, -0.25) is 9.10 Å². The van der Waals surface area contributed by atoms with Crippen molar-refractivity contribution in [1.29, 1.82) is 0 Å². The van der Waals surface area contributed by atoms with Crippen LogP contribution in [0.4, 0.5) is 11.4 Å². The second-order valence-electron chi connectivity index (χ2n) is 6.79. The number of methoxy groups -OCH3 is 3. The van der Waals surface area contributed by atoms with Gasteiger partial charge in [-0.1, -0.05) is 11.6 Å². The van der Waals surface area contributed by atoms with E-state index >= 15 is 0 Å². The lowest BCUT2D eigenvalue weighted by Crippen LogP contribution is -2.45. The molecule has 0 heterocycles. The van der Waals surface area contributed by atoms with Crippen LogP contribution >= 0.6 is 11.6 Å². The maximum atomic E-state index is 13.1. The average molecular weight is 499 g/mol. The Balaban J connectivity index is 2.47. The van der Waals surface area contributed by atoms with Gasteiger partial charge in [-0.15, -0.1) is 0 Å². The van der Waals surface area contributed by atoms with Gasteiger partial charge < -0.3 is 19.5 Å². The number of amides is 1. The first-order valence-corrected chi connectivity index (χ1v) is 11.6. The third-order valence-electron chi connectivity index (χ3n) is 4.58. The van der Waals surface area contributed by atoms with Gasteiger partial charge in [-0.25, -0.2) is 18.0 Å². The van der Waals surface area contributed by atoms with Gasteiger partial charge in [0.25, 0.3) is 0 Å². The van der Waals surface area contributed by atoms with Gasteiger partial charge in [0.15, 0.2) is 0 Å². The van der Waals surface area contributed by atoms with Crippen molar-refractivity contribution in [2.24, 2.45) is 0 Å². The maximum absolute atomic E-state index is 13.1. The maximum Gasteiger partial charge on any atom is 0.339 e. The van der Waals surface area contributed by atoms with Crippen LogP contribution in [0, 0.1) is 0 Å². The van der Waals surface area contributed by atoms with Crippen LogP contribution in [0.1, 0.15) is 27.6 Å². The van der Waals surface area contributed by atoms with Crippen LogP contribution < -0.4 is 14.4 Å². The molecule has 12 heteroatoms. The normalized spacial score (nSPS) is 11.8. The molecule has 0 radical (unpaired) electrons. The zero-order chi connectivity index (χ0) is 24.9. The van der Waals surface area contributed by atoms with E-state index in [1.165, 1.54) is 57.5 Å². The van der Waals surface area contributed by atoms with E-state index in [2.05, 4.69) is 10.1 Å². The summed E-state index contributed by atoms with van der Waals surface area (Å²) in [6.07, 6.45) is 0.937. The summed E-state index contributed by atoms with van der Waals surface area (Å²) in [7, 11) is -0.193. The number of nitrogens with zero attached hydrogens (tertiary/aromatic N) is 1. The first-order valence-electron chi connectivity index (χ1n) is 9.39. The molecule has 1 N–H and O–H groups in total. The highest BCUT2D eigenvalue weighted by atomic mass is 35.5. The van der Waals surface area contributed by atoms with E-state index in [0.717, 1.165) is 17.7 Å². The number of carbonyl (C=O) groups excluding carboxylic acids is 3. The number of sulfonamides is 1. The van der Waals surface area contributed by atoms with Gasteiger partial charge >= 0.3 is 11.9 Å². The van der Waals surface area contributed by atoms with E-state index in [-0.39, 0.29) is 27.5 Å². The summed E-state index contributed by atoms with van der Waals surface area (Å²) >= 11 is 6.13. The summed E-state index contributed by atoms with van der Waals surface area (Å²) in [5.74, 6) is -1.91. The molecule has 2 aromatic rings. The smallest absolute Gasteiger partial charge is 0.339 e. The predicted molar refractivity (Wildman–Crippen MR) is 123 cm³/mol. The minimum atomic E-state index is -3.94. The number of esters is 2. The molecule has 1 amide bonds. The third kappa shape index (κ3) is 5.93. The number of hydrogen-bond donors (Lipinski definition) is 1. The fourth-order valence-corrected chi connectivity index (χ4v) is 4.44. The highest BCUT2D eigenvalue weighted by Crippen LogP contribution is 2.31. The van der Waals surface area contributed by atoms with E-state index in [4.69, 9.17) is 21.1 Å². The molecule has 0 aliphatic heterocycles. The minimum Gasteiger partial charge on any atom is -0.495 e. The third-order valence-corrected chi connectivity index (χ3v) is 6.12. The molecule has 0 saturated carbocycles. The zero-order valence-corrected chi connectivity index (χ0v) is 20.1. The van der Waals surface area contributed by atoms with Gasteiger partial charge in [0, 0.05) is 0 Å². The van der Waals surface area contributed by atoms with Crippen LogP contribution in [0.5, 0.6) is 5.75 Å². The number of benzene rings is 2. The Bertz CT molecular complexity index is 1180. The summed E-state index contributed by atoms with van der Waals surface area (Å²) in [6.45, 7) is 1.36. The lowest BCUT2D eigenvalue weighted by Gasteiger charge is -2.28. The quantitative estimate of drug-likeness (QED) is 0.550. The number of anilines is 2. The van der Waals surface area contributed by atoms with Crippen LogP contribution in [0.15, 0.2) is 36.4 Å².